The van der Waals surface area contributed by atoms with Crippen LogP contribution in [0.3, 0.4) is 0 Å². The lowest BCUT2D eigenvalue weighted by Crippen LogP contribution is -2.35. The molecule has 0 radical (unpaired) electrons. The molecule has 5 rings (SSSR count). The number of halogens is 1. The first-order valence-electron chi connectivity index (χ1n) is 9.53. The molecule has 1 atom stereocenters. The highest BCUT2D eigenvalue weighted by atomic mass is 79.9. The van der Waals surface area contributed by atoms with E-state index in [1.165, 1.54) is 0 Å². The molecule has 0 fully saturated rings. The van der Waals surface area contributed by atoms with Gasteiger partial charge in [-0.1, -0.05) is 32.0 Å². The van der Waals surface area contributed by atoms with Crippen LogP contribution in [0.25, 0.3) is 5.69 Å². The Hall–Kier alpha value is -2.38. The Morgan fingerprint density at radius 1 is 1.10 bits per heavy atom. The number of H-pyrrole nitrogens is 1. The standard InChI is InChI=1S/C22H20BrN3O2S/c1-22(2)10-13-17(14(27)11-22)18(15-8-9-16(23)29-15)19-20(24-13)25-26(21(19)28)12-6-4-3-5-7-12/h3-9,18,24-25H,10-11H2,1-2H3/t18-/m1/s1. The predicted octanol–water partition coefficient (Wildman–Crippen LogP) is 5.19. The topological polar surface area (TPSA) is 66.9 Å². The molecule has 3 heterocycles. The summed E-state index contributed by atoms with van der Waals surface area (Å²) in [5.41, 5.74) is 2.80. The van der Waals surface area contributed by atoms with Crippen LogP contribution in [-0.4, -0.2) is 15.6 Å². The maximum Gasteiger partial charge on any atom is 0.277 e. The van der Waals surface area contributed by atoms with Crippen molar-refractivity contribution in [1.82, 2.24) is 9.78 Å². The van der Waals surface area contributed by atoms with Crippen LogP contribution < -0.4 is 10.9 Å². The van der Waals surface area contributed by atoms with Crippen molar-refractivity contribution >= 4 is 38.9 Å². The molecule has 2 N–H and O–H groups in total. The fraction of sp³-hybridized carbons (Fsp3) is 0.273. The zero-order valence-corrected chi connectivity index (χ0v) is 18.5. The number of hydrogen-bond acceptors (Lipinski definition) is 4. The fourth-order valence-electron chi connectivity index (χ4n) is 4.42. The van der Waals surface area contributed by atoms with E-state index in [-0.39, 0.29) is 22.7 Å². The van der Waals surface area contributed by atoms with Crippen LogP contribution in [0.4, 0.5) is 5.82 Å². The summed E-state index contributed by atoms with van der Waals surface area (Å²) in [5.74, 6) is 0.447. The molecule has 2 aromatic heterocycles. The summed E-state index contributed by atoms with van der Waals surface area (Å²) in [6.45, 7) is 4.22. The molecule has 0 unspecified atom stereocenters. The summed E-state index contributed by atoms with van der Waals surface area (Å²) >= 11 is 5.10. The predicted molar refractivity (Wildman–Crippen MR) is 119 cm³/mol. The van der Waals surface area contributed by atoms with E-state index >= 15 is 0 Å². The number of carbonyl (C=O) groups excluding carboxylic acids is 1. The number of nitrogens with zero attached hydrogens (tertiary/aromatic N) is 1. The molecular formula is C22H20BrN3O2S. The van der Waals surface area contributed by atoms with Gasteiger partial charge in [0.25, 0.3) is 5.56 Å². The van der Waals surface area contributed by atoms with Crippen molar-refractivity contribution in [2.75, 3.05) is 5.32 Å². The van der Waals surface area contributed by atoms with Crippen LogP contribution in [0.1, 0.15) is 43.0 Å². The van der Waals surface area contributed by atoms with Crippen LogP contribution in [0, 0.1) is 5.41 Å². The van der Waals surface area contributed by atoms with Crippen molar-refractivity contribution in [2.24, 2.45) is 5.41 Å². The first-order chi connectivity index (χ1) is 13.8. The summed E-state index contributed by atoms with van der Waals surface area (Å²) in [4.78, 5) is 27.7. The number of rotatable bonds is 2. The Labute approximate surface area is 180 Å². The maximum atomic E-state index is 13.5. The maximum absolute atomic E-state index is 13.5. The minimum Gasteiger partial charge on any atom is -0.343 e. The summed E-state index contributed by atoms with van der Waals surface area (Å²) in [5, 5.41) is 6.64. The van der Waals surface area contributed by atoms with Crippen molar-refractivity contribution in [3.63, 3.8) is 0 Å². The van der Waals surface area contributed by atoms with E-state index < -0.39 is 0 Å². The minimum atomic E-state index is -0.352. The molecule has 1 aliphatic carbocycles. The highest BCUT2D eigenvalue weighted by Gasteiger charge is 2.43. The number of benzene rings is 1. The van der Waals surface area contributed by atoms with E-state index in [0.29, 0.717) is 17.8 Å². The first kappa shape index (κ1) is 18.6. The van der Waals surface area contributed by atoms with Crippen LogP contribution in [0.15, 0.2) is 62.3 Å². The third-order valence-corrected chi connectivity index (χ3v) is 7.28. The lowest BCUT2D eigenvalue weighted by atomic mass is 9.70. The zero-order valence-electron chi connectivity index (χ0n) is 16.1. The number of Topliss-reactive ketones (excluding diaryl/α,β-unsaturated/α-hetero) is 1. The second-order valence-electron chi connectivity index (χ2n) is 8.41. The molecular weight excluding hydrogens is 450 g/mol. The van der Waals surface area contributed by atoms with Crippen molar-refractivity contribution in [2.45, 2.75) is 32.6 Å². The lowest BCUT2D eigenvalue weighted by molar-refractivity contribution is -0.118. The van der Waals surface area contributed by atoms with Gasteiger partial charge in [-0.05, 0) is 52.0 Å². The van der Waals surface area contributed by atoms with Gasteiger partial charge in [-0.3, -0.25) is 14.7 Å². The number of allylic oxidation sites excluding steroid dienone is 2. The summed E-state index contributed by atoms with van der Waals surface area (Å²) < 4.78 is 2.54. The quantitative estimate of drug-likeness (QED) is 0.542. The molecule has 2 aliphatic rings. The zero-order chi connectivity index (χ0) is 20.3. The number of ketones is 1. The van der Waals surface area contributed by atoms with Crippen LogP contribution in [0.5, 0.6) is 0 Å². The van der Waals surface area contributed by atoms with Gasteiger partial charge in [0.2, 0.25) is 0 Å². The van der Waals surface area contributed by atoms with Crippen molar-refractivity contribution < 1.29 is 4.79 Å². The fourth-order valence-corrected chi connectivity index (χ4v) is 5.96. The summed E-state index contributed by atoms with van der Waals surface area (Å²) in [6.07, 6.45) is 1.26. The highest BCUT2D eigenvalue weighted by molar-refractivity contribution is 9.11. The van der Waals surface area contributed by atoms with Gasteiger partial charge in [0, 0.05) is 22.6 Å². The molecule has 7 heteroatoms. The van der Waals surface area contributed by atoms with Crippen molar-refractivity contribution in [3.8, 4) is 5.69 Å². The molecule has 5 nitrogen and oxygen atoms in total. The average Bonchev–Trinajstić information content (AvgIpc) is 3.23. The number of aromatic amines is 1. The van der Waals surface area contributed by atoms with E-state index in [2.05, 4.69) is 40.2 Å². The molecule has 0 amide bonds. The van der Waals surface area contributed by atoms with Crippen LogP contribution >= 0.6 is 27.3 Å². The van der Waals surface area contributed by atoms with Gasteiger partial charge in [0.15, 0.2) is 5.78 Å². The number of fused-ring (bicyclic) bond motifs is 1. The third kappa shape index (κ3) is 3.04. The van der Waals surface area contributed by atoms with Gasteiger partial charge in [-0.2, -0.15) is 0 Å². The molecule has 1 aromatic carbocycles. The van der Waals surface area contributed by atoms with E-state index in [0.717, 1.165) is 32.0 Å². The number of para-hydroxylation sites is 1. The SMILES string of the molecule is CC1(C)CC(=O)C2=C(C1)Nc1[nH]n(-c3ccccc3)c(=O)c1[C@@H]2c1ccc(Br)s1. The molecule has 3 aromatic rings. The number of anilines is 1. The van der Waals surface area contributed by atoms with Crippen molar-refractivity contribution in [3.05, 3.63) is 78.3 Å². The molecule has 148 valence electrons. The van der Waals surface area contributed by atoms with Gasteiger partial charge in [0.05, 0.1) is 21.0 Å². The Balaban J connectivity index is 1.74. The molecule has 0 saturated heterocycles. The Bertz CT molecular complexity index is 1220. The van der Waals surface area contributed by atoms with E-state index in [4.69, 9.17) is 0 Å². The Kier molecular flexibility index (Phi) is 4.22. The van der Waals surface area contributed by atoms with E-state index in [1.807, 2.05) is 42.5 Å². The molecule has 0 saturated carbocycles. The van der Waals surface area contributed by atoms with Gasteiger partial charge in [-0.25, -0.2) is 4.68 Å². The monoisotopic (exact) mass is 469 g/mol. The number of thiophene rings is 1. The molecule has 0 spiro atoms. The number of nitrogens with one attached hydrogen (secondary N) is 2. The largest absolute Gasteiger partial charge is 0.343 e. The summed E-state index contributed by atoms with van der Waals surface area (Å²) in [7, 11) is 0. The van der Waals surface area contributed by atoms with Gasteiger partial charge >= 0.3 is 0 Å². The van der Waals surface area contributed by atoms with E-state index in [9.17, 15) is 9.59 Å². The number of carbonyl (C=O) groups is 1. The van der Waals surface area contributed by atoms with Gasteiger partial charge < -0.3 is 5.32 Å². The average molecular weight is 470 g/mol. The third-order valence-electron chi connectivity index (χ3n) is 5.59. The Morgan fingerprint density at radius 2 is 1.86 bits per heavy atom. The second-order valence-corrected chi connectivity index (χ2v) is 10.9. The number of hydrogen-bond donors (Lipinski definition) is 2. The minimum absolute atomic E-state index is 0.108. The van der Waals surface area contributed by atoms with Crippen LogP contribution in [0.2, 0.25) is 0 Å². The summed E-state index contributed by atoms with van der Waals surface area (Å²) in [6, 6.07) is 13.5. The smallest absolute Gasteiger partial charge is 0.277 e. The Morgan fingerprint density at radius 3 is 2.55 bits per heavy atom. The van der Waals surface area contributed by atoms with Gasteiger partial charge in [0.1, 0.15) is 5.82 Å². The van der Waals surface area contributed by atoms with Crippen molar-refractivity contribution in [1.29, 1.82) is 0 Å². The highest BCUT2D eigenvalue weighted by Crippen LogP contribution is 2.49. The van der Waals surface area contributed by atoms with E-state index in [1.54, 1.807) is 16.0 Å². The van der Waals surface area contributed by atoms with Crippen LogP contribution in [-0.2, 0) is 4.79 Å². The van der Waals surface area contributed by atoms with Gasteiger partial charge in [-0.15, -0.1) is 11.3 Å². The number of aromatic nitrogens is 2. The molecule has 1 aliphatic heterocycles. The molecule has 0 bridgehead atoms. The lowest BCUT2D eigenvalue weighted by Gasteiger charge is -2.37. The second kappa shape index (κ2) is 6.57. The normalized spacial score (nSPS) is 20.2. The first-order valence-corrected chi connectivity index (χ1v) is 11.1. The molecule has 29 heavy (non-hydrogen) atoms.